The molecule has 2 amide bonds. The largest absolute Gasteiger partial charge is 0.493 e. The molecule has 0 aliphatic heterocycles. The van der Waals surface area contributed by atoms with Gasteiger partial charge in [-0.05, 0) is 48.4 Å². The van der Waals surface area contributed by atoms with Gasteiger partial charge < -0.3 is 19.7 Å². The maximum absolute atomic E-state index is 12.7. The predicted molar refractivity (Wildman–Crippen MR) is 101 cm³/mol. The summed E-state index contributed by atoms with van der Waals surface area (Å²) >= 11 is 0. The first-order valence-corrected chi connectivity index (χ1v) is 8.29. The van der Waals surface area contributed by atoms with Crippen molar-refractivity contribution in [3.8, 4) is 11.5 Å². The summed E-state index contributed by atoms with van der Waals surface area (Å²) in [7, 11) is 6.49. The lowest BCUT2D eigenvalue weighted by molar-refractivity contribution is 0.0827. The van der Waals surface area contributed by atoms with Crippen LogP contribution in [0.2, 0.25) is 0 Å². The number of ether oxygens (including phenoxy) is 2. The molecule has 26 heavy (non-hydrogen) atoms. The zero-order valence-corrected chi connectivity index (χ0v) is 15.8. The highest BCUT2D eigenvalue weighted by Gasteiger charge is 2.16. The fraction of sp³-hybridized carbons (Fsp3) is 0.300. The highest BCUT2D eigenvalue weighted by atomic mass is 16.5. The number of anilines is 1. The monoisotopic (exact) mass is 356 g/mol. The van der Waals surface area contributed by atoms with Crippen molar-refractivity contribution in [2.24, 2.45) is 0 Å². The van der Waals surface area contributed by atoms with E-state index in [9.17, 15) is 9.59 Å². The third-order valence-electron chi connectivity index (χ3n) is 4.03. The summed E-state index contributed by atoms with van der Waals surface area (Å²) in [5, 5.41) is 2.86. The Balaban J connectivity index is 2.25. The molecule has 0 heterocycles. The molecule has 0 bridgehead atoms. The SMILES string of the molecule is CCc1cc(OC)c(OC)cc1C(=O)Nc1ccc(C(=O)N(C)C)cc1. The molecule has 0 saturated carbocycles. The molecule has 0 spiro atoms. The maximum Gasteiger partial charge on any atom is 0.256 e. The van der Waals surface area contributed by atoms with Crippen LogP contribution in [0.1, 0.15) is 33.2 Å². The number of hydrogen-bond donors (Lipinski definition) is 1. The number of nitrogens with one attached hydrogen (secondary N) is 1. The molecular weight excluding hydrogens is 332 g/mol. The summed E-state index contributed by atoms with van der Waals surface area (Å²) in [5.41, 5.74) is 2.56. The summed E-state index contributed by atoms with van der Waals surface area (Å²) < 4.78 is 10.6. The van der Waals surface area contributed by atoms with Crippen LogP contribution in [0.25, 0.3) is 0 Å². The van der Waals surface area contributed by atoms with Gasteiger partial charge >= 0.3 is 0 Å². The number of rotatable bonds is 6. The normalized spacial score (nSPS) is 10.2. The van der Waals surface area contributed by atoms with Gasteiger partial charge in [0.2, 0.25) is 0 Å². The summed E-state index contributed by atoms with van der Waals surface area (Å²) in [6.07, 6.45) is 0.680. The van der Waals surface area contributed by atoms with E-state index in [1.165, 1.54) is 12.0 Å². The third kappa shape index (κ3) is 4.14. The fourth-order valence-corrected chi connectivity index (χ4v) is 2.58. The van der Waals surface area contributed by atoms with Crippen molar-refractivity contribution < 1.29 is 19.1 Å². The molecule has 0 saturated heterocycles. The minimum atomic E-state index is -0.241. The van der Waals surface area contributed by atoms with E-state index in [4.69, 9.17) is 9.47 Å². The van der Waals surface area contributed by atoms with Crippen LogP contribution in [0.4, 0.5) is 5.69 Å². The fourth-order valence-electron chi connectivity index (χ4n) is 2.58. The van der Waals surface area contributed by atoms with E-state index in [-0.39, 0.29) is 11.8 Å². The molecule has 2 aromatic carbocycles. The Morgan fingerprint density at radius 2 is 1.58 bits per heavy atom. The highest BCUT2D eigenvalue weighted by Crippen LogP contribution is 2.31. The molecule has 6 nitrogen and oxygen atoms in total. The Bertz CT molecular complexity index is 798. The van der Waals surface area contributed by atoms with Crippen LogP contribution in [-0.4, -0.2) is 45.0 Å². The number of carbonyl (C=O) groups is 2. The second-order valence-corrected chi connectivity index (χ2v) is 5.95. The minimum absolute atomic E-state index is 0.0870. The highest BCUT2D eigenvalue weighted by molar-refractivity contribution is 6.06. The summed E-state index contributed by atoms with van der Waals surface area (Å²) in [6.45, 7) is 1.97. The van der Waals surface area contributed by atoms with Gasteiger partial charge in [0.15, 0.2) is 11.5 Å². The van der Waals surface area contributed by atoms with Crippen LogP contribution in [0.5, 0.6) is 11.5 Å². The number of nitrogens with zero attached hydrogens (tertiary/aromatic N) is 1. The zero-order valence-electron chi connectivity index (χ0n) is 15.8. The van der Waals surface area contributed by atoms with E-state index >= 15 is 0 Å². The van der Waals surface area contributed by atoms with Gasteiger partial charge in [-0.15, -0.1) is 0 Å². The molecule has 6 heteroatoms. The van der Waals surface area contributed by atoms with Crippen molar-refractivity contribution in [1.29, 1.82) is 0 Å². The van der Waals surface area contributed by atoms with Crippen molar-refractivity contribution >= 4 is 17.5 Å². The Kier molecular flexibility index (Phi) is 6.22. The van der Waals surface area contributed by atoms with Crippen LogP contribution in [0.3, 0.4) is 0 Å². The van der Waals surface area contributed by atoms with Gasteiger partial charge in [-0.1, -0.05) is 6.92 Å². The van der Waals surface area contributed by atoms with Crippen LogP contribution >= 0.6 is 0 Å². The van der Waals surface area contributed by atoms with Crippen LogP contribution in [0.15, 0.2) is 36.4 Å². The number of amides is 2. The van der Waals surface area contributed by atoms with E-state index in [2.05, 4.69) is 5.32 Å². The summed E-state index contributed by atoms with van der Waals surface area (Å²) in [5.74, 6) is 0.764. The molecule has 0 unspecified atom stereocenters. The van der Waals surface area contributed by atoms with Crippen molar-refractivity contribution in [3.63, 3.8) is 0 Å². The third-order valence-corrected chi connectivity index (χ3v) is 4.03. The van der Waals surface area contributed by atoms with Crippen molar-refractivity contribution in [1.82, 2.24) is 4.90 Å². The Morgan fingerprint density at radius 3 is 2.08 bits per heavy atom. The molecule has 0 aliphatic carbocycles. The molecule has 0 atom stereocenters. The van der Waals surface area contributed by atoms with E-state index in [1.54, 1.807) is 51.5 Å². The topological polar surface area (TPSA) is 67.9 Å². The molecule has 0 radical (unpaired) electrons. The Hall–Kier alpha value is -3.02. The minimum Gasteiger partial charge on any atom is -0.493 e. The molecule has 2 aromatic rings. The van der Waals surface area contributed by atoms with Gasteiger partial charge in [0.05, 0.1) is 14.2 Å². The van der Waals surface area contributed by atoms with Crippen LogP contribution < -0.4 is 14.8 Å². The number of benzene rings is 2. The molecule has 0 fully saturated rings. The number of hydrogen-bond acceptors (Lipinski definition) is 4. The lowest BCUT2D eigenvalue weighted by atomic mass is 10.0. The van der Waals surface area contributed by atoms with E-state index in [0.29, 0.717) is 34.7 Å². The van der Waals surface area contributed by atoms with E-state index in [0.717, 1.165) is 5.56 Å². The smallest absolute Gasteiger partial charge is 0.256 e. The average Bonchev–Trinajstić information content (AvgIpc) is 2.66. The standard InChI is InChI=1S/C20H24N2O4/c1-6-13-11-17(25-4)18(26-5)12-16(13)19(23)21-15-9-7-14(8-10-15)20(24)22(2)3/h7-12H,6H2,1-5H3,(H,21,23). The first-order valence-electron chi connectivity index (χ1n) is 8.29. The molecule has 2 rings (SSSR count). The first-order chi connectivity index (χ1) is 12.4. The lowest BCUT2D eigenvalue weighted by Gasteiger charge is -2.14. The number of carbonyl (C=O) groups excluding carboxylic acids is 2. The predicted octanol–water partition coefficient (Wildman–Crippen LogP) is 3.22. The van der Waals surface area contributed by atoms with E-state index < -0.39 is 0 Å². The molecule has 0 aliphatic rings. The second kappa shape index (κ2) is 8.38. The maximum atomic E-state index is 12.7. The first kappa shape index (κ1) is 19.3. The van der Waals surface area contributed by atoms with Gasteiger partial charge in [-0.25, -0.2) is 0 Å². The lowest BCUT2D eigenvalue weighted by Crippen LogP contribution is -2.21. The summed E-state index contributed by atoms with van der Waals surface area (Å²) in [4.78, 5) is 26.1. The molecular formula is C20H24N2O4. The van der Waals surface area contributed by atoms with Gasteiger partial charge in [0.25, 0.3) is 11.8 Å². The van der Waals surface area contributed by atoms with Crippen molar-refractivity contribution in [2.75, 3.05) is 33.6 Å². The number of methoxy groups -OCH3 is 2. The molecule has 1 N–H and O–H groups in total. The number of aryl methyl sites for hydroxylation is 1. The van der Waals surface area contributed by atoms with Gasteiger partial charge in [0, 0.05) is 30.9 Å². The van der Waals surface area contributed by atoms with Crippen molar-refractivity contribution in [3.05, 3.63) is 53.1 Å². The van der Waals surface area contributed by atoms with Gasteiger partial charge in [-0.3, -0.25) is 9.59 Å². The van der Waals surface area contributed by atoms with Crippen LogP contribution in [0, 0.1) is 0 Å². The second-order valence-electron chi connectivity index (χ2n) is 5.95. The average molecular weight is 356 g/mol. The summed E-state index contributed by atoms with van der Waals surface area (Å²) in [6, 6.07) is 10.3. The Labute approximate surface area is 153 Å². The van der Waals surface area contributed by atoms with Crippen molar-refractivity contribution in [2.45, 2.75) is 13.3 Å². The molecule has 138 valence electrons. The Morgan fingerprint density at radius 1 is 1.00 bits per heavy atom. The van der Waals surface area contributed by atoms with Gasteiger partial charge in [0.1, 0.15) is 0 Å². The van der Waals surface area contributed by atoms with E-state index in [1.807, 2.05) is 13.0 Å². The van der Waals surface area contributed by atoms with Crippen LogP contribution in [-0.2, 0) is 6.42 Å². The molecule has 0 aromatic heterocycles. The van der Waals surface area contributed by atoms with Gasteiger partial charge in [-0.2, -0.15) is 0 Å². The zero-order chi connectivity index (χ0) is 19.3. The quantitative estimate of drug-likeness (QED) is 0.863.